The van der Waals surface area contributed by atoms with E-state index in [2.05, 4.69) is 26.7 Å². The number of fused-ring (bicyclic) bond motifs is 3. The van der Waals surface area contributed by atoms with E-state index in [9.17, 15) is 13.9 Å². The number of nitrogens with zero attached hydrogens (tertiary/aromatic N) is 4. The smallest absolute Gasteiger partial charge is 0.211 e. The molecule has 2 aromatic carbocycles. The van der Waals surface area contributed by atoms with Crippen LogP contribution in [0.25, 0.3) is 22.1 Å². The van der Waals surface area contributed by atoms with Gasteiger partial charge in [0.2, 0.25) is 5.16 Å². The maximum atomic E-state index is 13.8. The number of para-hydroxylation sites is 1. The number of thioether (sulfide) groups is 1. The molecule has 0 saturated heterocycles. The Morgan fingerprint density at radius 3 is 2.79 bits per heavy atom. The van der Waals surface area contributed by atoms with E-state index in [4.69, 9.17) is 0 Å². The number of aliphatic hydroxyl groups is 1. The van der Waals surface area contributed by atoms with Crippen LogP contribution in [0.1, 0.15) is 25.0 Å². The van der Waals surface area contributed by atoms with Gasteiger partial charge in [0, 0.05) is 23.2 Å². The van der Waals surface area contributed by atoms with Crippen molar-refractivity contribution in [2.75, 3.05) is 5.75 Å². The third-order valence-electron chi connectivity index (χ3n) is 4.49. The quantitative estimate of drug-likeness (QED) is 0.483. The molecule has 2 aromatic heterocycles. The maximum Gasteiger partial charge on any atom is 0.211 e. The number of aryl methyl sites for hydroxylation is 1. The van der Waals surface area contributed by atoms with Gasteiger partial charge in [-0.3, -0.25) is 0 Å². The molecule has 0 bridgehead atoms. The van der Waals surface area contributed by atoms with Crippen LogP contribution in [-0.2, 0) is 6.54 Å². The Labute approximate surface area is 164 Å². The molecule has 4 aromatic rings. The minimum absolute atomic E-state index is 0.0818. The second-order valence-electron chi connectivity index (χ2n) is 6.43. The fourth-order valence-electron chi connectivity index (χ4n) is 3.21. The highest BCUT2D eigenvalue weighted by Crippen LogP contribution is 2.29. The molecule has 0 aliphatic rings. The molecule has 1 N–H and O–H groups in total. The standard InChI is InChI=1S/C20H18F2N4OS/c1-2-9-26-16-6-4-3-5-13(16)18-19(26)23-20(25-24-18)28-11-17(27)14-10-12(21)7-8-15(14)22/h3-8,10,17,27H,2,9,11H2,1H3. The lowest BCUT2D eigenvalue weighted by Gasteiger charge is -2.11. The molecule has 0 amide bonds. The zero-order valence-corrected chi connectivity index (χ0v) is 16.0. The van der Waals surface area contributed by atoms with E-state index in [-0.39, 0.29) is 11.3 Å². The topological polar surface area (TPSA) is 63.8 Å². The third kappa shape index (κ3) is 3.45. The van der Waals surface area contributed by atoms with Crippen molar-refractivity contribution in [2.45, 2.75) is 31.1 Å². The summed E-state index contributed by atoms with van der Waals surface area (Å²) in [5.74, 6) is -1.15. The molecule has 4 rings (SSSR count). The number of rotatable bonds is 6. The van der Waals surface area contributed by atoms with Gasteiger partial charge in [0.15, 0.2) is 5.65 Å². The van der Waals surface area contributed by atoms with Gasteiger partial charge in [0.1, 0.15) is 17.2 Å². The molecule has 144 valence electrons. The molecule has 0 radical (unpaired) electrons. The molecule has 0 aliphatic heterocycles. The van der Waals surface area contributed by atoms with Crippen molar-refractivity contribution in [2.24, 2.45) is 0 Å². The van der Waals surface area contributed by atoms with Crippen LogP contribution in [-0.4, -0.2) is 30.6 Å². The summed E-state index contributed by atoms with van der Waals surface area (Å²) in [6.07, 6.45) is -0.237. The summed E-state index contributed by atoms with van der Waals surface area (Å²) in [6, 6.07) is 11.0. The largest absolute Gasteiger partial charge is 0.387 e. The van der Waals surface area contributed by atoms with Crippen molar-refractivity contribution >= 4 is 33.8 Å². The first-order valence-electron chi connectivity index (χ1n) is 8.96. The second-order valence-corrected chi connectivity index (χ2v) is 7.42. The number of halogens is 2. The van der Waals surface area contributed by atoms with Gasteiger partial charge in [-0.25, -0.2) is 13.8 Å². The van der Waals surface area contributed by atoms with E-state index >= 15 is 0 Å². The molecule has 8 heteroatoms. The lowest BCUT2D eigenvalue weighted by molar-refractivity contribution is 0.198. The molecule has 0 aliphatic carbocycles. The minimum Gasteiger partial charge on any atom is -0.387 e. The van der Waals surface area contributed by atoms with Crippen LogP contribution in [0.5, 0.6) is 0 Å². The number of aliphatic hydroxyl groups excluding tert-OH is 1. The first-order chi connectivity index (χ1) is 13.6. The van der Waals surface area contributed by atoms with Gasteiger partial charge in [-0.05, 0) is 30.7 Å². The molecule has 0 saturated carbocycles. The summed E-state index contributed by atoms with van der Waals surface area (Å²) < 4.78 is 29.3. The predicted octanol–water partition coefficient (Wildman–Crippen LogP) is 4.49. The molecular weight excluding hydrogens is 382 g/mol. The van der Waals surface area contributed by atoms with Crippen LogP contribution < -0.4 is 0 Å². The van der Waals surface area contributed by atoms with E-state index in [0.717, 1.165) is 65.0 Å². The summed E-state index contributed by atoms with van der Waals surface area (Å²) in [6.45, 7) is 2.89. The Morgan fingerprint density at radius 1 is 1.14 bits per heavy atom. The molecule has 0 fully saturated rings. The SMILES string of the molecule is CCCn1c2ccccc2c2nnc(SCC(O)c3cc(F)ccc3F)nc21. The van der Waals surface area contributed by atoms with Gasteiger partial charge in [-0.15, -0.1) is 10.2 Å². The first kappa shape index (κ1) is 18.8. The van der Waals surface area contributed by atoms with Crippen molar-refractivity contribution in [1.82, 2.24) is 19.7 Å². The van der Waals surface area contributed by atoms with Crippen LogP contribution in [0.15, 0.2) is 47.6 Å². The molecule has 1 unspecified atom stereocenters. The van der Waals surface area contributed by atoms with Crippen LogP contribution in [0.2, 0.25) is 0 Å². The molecule has 28 heavy (non-hydrogen) atoms. The van der Waals surface area contributed by atoms with Crippen molar-refractivity contribution in [3.63, 3.8) is 0 Å². The summed E-state index contributed by atoms with van der Waals surface area (Å²) in [5.41, 5.74) is 2.42. The Kier molecular flexibility index (Phi) is 5.23. The lowest BCUT2D eigenvalue weighted by atomic mass is 10.1. The van der Waals surface area contributed by atoms with Crippen molar-refractivity contribution < 1.29 is 13.9 Å². The Balaban J connectivity index is 1.63. The number of hydrogen-bond donors (Lipinski definition) is 1. The Morgan fingerprint density at radius 2 is 1.96 bits per heavy atom. The molecule has 2 heterocycles. The highest BCUT2D eigenvalue weighted by molar-refractivity contribution is 7.99. The van der Waals surface area contributed by atoms with Gasteiger partial charge in [0.25, 0.3) is 0 Å². The number of aromatic nitrogens is 4. The van der Waals surface area contributed by atoms with E-state index < -0.39 is 17.7 Å². The molecule has 5 nitrogen and oxygen atoms in total. The van der Waals surface area contributed by atoms with Crippen LogP contribution in [0.3, 0.4) is 0 Å². The monoisotopic (exact) mass is 400 g/mol. The molecular formula is C20H18F2N4OS. The van der Waals surface area contributed by atoms with E-state index in [1.165, 1.54) is 0 Å². The van der Waals surface area contributed by atoms with Gasteiger partial charge < -0.3 is 9.67 Å². The minimum atomic E-state index is -1.18. The first-order valence-corrected chi connectivity index (χ1v) is 9.94. The summed E-state index contributed by atoms with van der Waals surface area (Å²) in [4.78, 5) is 4.61. The van der Waals surface area contributed by atoms with E-state index in [1.54, 1.807) is 0 Å². The molecule has 1 atom stereocenters. The average molecular weight is 400 g/mol. The van der Waals surface area contributed by atoms with Gasteiger partial charge in [-0.2, -0.15) is 0 Å². The third-order valence-corrected chi connectivity index (χ3v) is 5.40. The zero-order valence-electron chi connectivity index (χ0n) is 15.1. The highest BCUT2D eigenvalue weighted by atomic mass is 32.2. The zero-order chi connectivity index (χ0) is 19.7. The van der Waals surface area contributed by atoms with Crippen molar-refractivity contribution in [3.8, 4) is 0 Å². The highest BCUT2D eigenvalue weighted by Gasteiger charge is 2.17. The lowest BCUT2D eigenvalue weighted by Crippen LogP contribution is -2.05. The van der Waals surface area contributed by atoms with E-state index in [1.807, 2.05) is 24.3 Å². The number of benzene rings is 2. The van der Waals surface area contributed by atoms with Gasteiger partial charge in [-0.1, -0.05) is 36.9 Å². The van der Waals surface area contributed by atoms with Gasteiger partial charge >= 0.3 is 0 Å². The molecule has 0 spiro atoms. The average Bonchev–Trinajstić information content (AvgIpc) is 3.02. The Hall–Kier alpha value is -2.58. The predicted molar refractivity (Wildman–Crippen MR) is 105 cm³/mol. The normalized spacial score (nSPS) is 12.7. The second kappa shape index (κ2) is 7.81. The van der Waals surface area contributed by atoms with E-state index in [0.29, 0.717) is 5.16 Å². The van der Waals surface area contributed by atoms with Crippen LogP contribution >= 0.6 is 11.8 Å². The number of hydrogen-bond acceptors (Lipinski definition) is 5. The van der Waals surface area contributed by atoms with Crippen LogP contribution in [0, 0.1) is 11.6 Å². The summed E-state index contributed by atoms with van der Waals surface area (Å²) >= 11 is 1.15. The Bertz CT molecular complexity index is 1150. The van der Waals surface area contributed by atoms with Crippen molar-refractivity contribution in [1.29, 1.82) is 0 Å². The van der Waals surface area contributed by atoms with Crippen LogP contribution in [0.4, 0.5) is 8.78 Å². The fraction of sp³-hybridized carbons (Fsp3) is 0.250. The van der Waals surface area contributed by atoms with Gasteiger partial charge in [0.05, 0.1) is 11.6 Å². The summed E-state index contributed by atoms with van der Waals surface area (Å²) in [5, 5.41) is 20.1. The summed E-state index contributed by atoms with van der Waals surface area (Å²) in [7, 11) is 0. The fourth-order valence-corrected chi connectivity index (χ4v) is 3.95. The maximum absolute atomic E-state index is 13.8. The van der Waals surface area contributed by atoms with Crippen molar-refractivity contribution in [3.05, 3.63) is 59.7 Å².